The van der Waals surface area contributed by atoms with Gasteiger partial charge in [0.2, 0.25) is 0 Å². The molecule has 8 heteroatoms. The summed E-state index contributed by atoms with van der Waals surface area (Å²) in [5.74, 6) is -0.609. The van der Waals surface area contributed by atoms with Crippen molar-refractivity contribution in [3.63, 3.8) is 0 Å². The van der Waals surface area contributed by atoms with Gasteiger partial charge in [-0.25, -0.2) is 0 Å². The molecule has 3 rings (SSSR count). The van der Waals surface area contributed by atoms with Crippen molar-refractivity contribution >= 4 is 11.8 Å². The highest BCUT2D eigenvalue weighted by molar-refractivity contribution is 5.94. The van der Waals surface area contributed by atoms with Crippen molar-refractivity contribution in [2.45, 2.75) is 19.4 Å². The quantitative estimate of drug-likeness (QED) is 0.227. The fourth-order valence-electron chi connectivity index (χ4n) is 3.06. The molecule has 0 aliphatic carbocycles. The lowest BCUT2D eigenvalue weighted by Crippen LogP contribution is -2.49. The lowest BCUT2D eigenvalue weighted by molar-refractivity contribution is -0.135. The smallest absolute Gasteiger partial charge is 0.317 e. The minimum Gasteiger partial charge on any atom is -0.508 e. The molecule has 0 spiro atoms. The first kappa shape index (κ1) is 26.8. The molecule has 174 valence electrons. The molecule has 32 heavy (non-hydrogen) atoms. The van der Waals surface area contributed by atoms with Crippen LogP contribution in [0, 0.1) is 5.41 Å². The average Bonchev–Trinajstić information content (AvgIpc) is 2.75. The Morgan fingerprint density at radius 2 is 1.94 bits per heavy atom. The van der Waals surface area contributed by atoms with Gasteiger partial charge in [0, 0.05) is 37.8 Å². The molecule has 1 saturated heterocycles. The van der Waals surface area contributed by atoms with Gasteiger partial charge in [-0.05, 0) is 36.6 Å². The van der Waals surface area contributed by atoms with Gasteiger partial charge in [-0.15, -0.1) is 6.58 Å². The van der Waals surface area contributed by atoms with E-state index in [-0.39, 0.29) is 18.1 Å². The number of hydrogen-bond acceptors (Lipinski definition) is 6. The van der Waals surface area contributed by atoms with Crippen LogP contribution in [-0.2, 0) is 11.2 Å². The third kappa shape index (κ3) is 11.3. The highest BCUT2D eigenvalue weighted by atomic mass is 16.4. The number of phenols is 1. The van der Waals surface area contributed by atoms with Crippen LogP contribution in [0.1, 0.15) is 23.6 Å². The highest BCUT2D eigenvalue weighted by Gasteiger charge is 2.12. The summed E-state index contributed by atoms with van der Waals surface area (Å²) < 4.78 is 0. The Morgan fingerprint density at radius 1 is 1.28 bits per heavy atom. The van der Waals surface area contributed by atoms with E-state index in [1.54, 1.807) is 12.1 Å². The van der Waals surface area contributed by atoms with Crippen LogP contribution in [0.2, 0.25) is 0 Å². The maximum Gasteiger partial charge on any atom is 0.317 e. The van der Waals surface area contributed by atoms with E-state index in [0.29, 0.717) is 6.04 Å². The standard InChI is InChI=1S/C14H14N2O.C8H16N2.C2H5NO2/c15-14(16)12-6-4-10(5-7-12)8-11-2-1-3-13(17)9-11;1-3-5-10-6-4-9-8(2)7-10;3-1-2(4)5/h1-7,9,17H,8H2,(H3,15,16);3,8-9H,1,4-7H2,2H3;1,3H2,(H,4,5). The number of carboxylic acid groups (broad SMARTS) is 1. The van der Waals surface area contributed by atoms with Crippen molar-refractivity contribution < 1.29 is 15.0 Å². The average molecular weight is 442 g/mol. The summed E-state index contributed by atoms with van der Waals surface area (Å²) >= 11 is 0. The number of hydrogen-bond donors (Lipinski definition) is 6. The van der Waals surface area contributed by atoms with Crippen molar-refractivity contribution in [1.29, 1.82) is 5.41 Å². The van der Waals surface area contributed by atoms with Crippen LogP contribution in [0.5, 0.6) is 5.75 Å². The van der Waals surface area contributed by atoms with Crippen molar-refractivity contribution in [3.05, 3.63) is 77.9 Å². The number of rotatable bonds is 6. The topological polar surface area (TPSA) is 149 Å². The summed E-state index contributed by atoms with van der Waals surface area (Å²) in [5, 5.41) is 27.7. The van der Waals surface area contributed by atoms with Gasteiger partial charge in [0.25, 0.3) is 0 Å². The first-order chi connectivity index (χ1) is 15.2. The summed E-state index contributed by atoms with van der Waals surface area (Å²) in [7, 11) is 0. The minimum atomic E-state index is -0.968. The van der Waals surface area contributed by atoms with E-state index in [9.17, 15) is 9.90 Å². The molecule has 8 nitrogen and oxygen atoms in total. The van der Waals surface area contributed by atoms with Crippen molar-refractivity contribution in [2.75, 3.05) is 32.7 Å². The predicted molar refractivity (Wildman–Crippen MR) is 129 cm³/mol. The van der Waals surface area contributed by atoms with Crippen molar-refractivity contribution in [3.8, 4) is 5.75 Å². The van der Waals surface area contributed by atoms with Crippen LogP contribution >= 0.6 is 0 Å². The van der Waals surface area contributed by atoms with E-state index in [4.69, 9.17) is 16.2 Å². The molecule has 0 saturated carbocycles. The Balaban J connectivity index is 0.000000288. The van der Waals surface area contributed by atoms with E-state index >= 15 is 0 Å². The first-order valence-corrected chi connectivity index (χ1v) is 10.4. The molecule has 0 amide bonds. The van der Waals surface area contributed by atoms with Crippen LogP contribution in [-0.4, -0.2) is 65.7 Å². The third-order valence-corrected chi connectivity index (χ3v) is 4.60. The Morgan fingerprint density at radius 3 is 2.44 bits per heavy atom. The molecule has 1 aliphatic rings. The Labute approximate surface area is 190 Å². The van der Waals surface area contributed by atoms with Gasteiger partial charge in [-0.1, -0.05) is 42.5 Å². The zero-order chi connectivity index (χ0) is 23.9. The van der Waals surface area contributed by atoms with Gasteiger partial charge in [-0.3, -0.25) is 15.1 Å². The number of piperazine rings is 1. The number of nitrogens with zero attached hydrogens (tertiary/aromatic N) is 1. The summed E-state index contributed by atoms with van der Waals surface area (Å²) in [4.78, 5) is 11.7. The molecule has 1 heterocycles. The maximum atomic E-state index is 9.36. The zero-order valence-corrected chi connectivity index (χ0v) is 18.6. The van der Waals surface area contributed by atoms with Gasteiger partial charge in [0.15, 0.2) is 0 Å². The number of aliphatic carboxylic acids is 1. The minimum absolute atomic E-state index is 0.0777. The number of carboxylic acids is 1. The van der Waals surface area contributed by atoms with E-state index in [0.717, 1.165) is 49.3 Å². The van der Waals surface area contributed by atoms with Crippen LogP contribution < -0.4 is 16.8 Å². The highest BCUT2D eigenvalue weighted by Crippen LogP contribution is 2.15. The van der Waals surface area contributed by atoms with Crippen molar-refractivity contribution in [2.24, 2.45) is 11.5 Å². The fourth-order valence-corrected chi connectivity index (χ4v) is 3.06. The van der Waals surface area contributed by atoms with Gasteiger partial charge < -0.3 is 27.0 Å². The summed E-state index contributed by atoms with van der Waals surface area (Å²) in [6.07, 6.45) is 2.73. The Kier molecular flexibility index (Phi) is 12.4. The maximum absolute atomic E-state index is 9.36. The number of aromatic hydroxyl groups is 1. The summed E-state index contributed by atoms with van der Waals surface area (Å²) in [5.41, 5.74) is 12.9. The molecule has 2 aromatic carbocycles. The molecule has 1 fully saturated rings. The first-order valence-electron chi connectivity index (χ1n) is 10.4. The third-order valence-electron chi connectivity index (χ3n) is 4.60. The lowest BCUT2D eigenvalue weighted by atomic mass is 10.0. The largest absolute Gasteiger partial charge is 0.508 e. The SMILES string of the molecule is C=CCN1CCNC(C)C1.N=C(N)c1ccc(Cc2cccc(O)c2)cc1.NCC(=O)O. The normalized spacial score (nSPS) is 15.4. The van der Waals surface area contributed by atoms with Crippen molar-refractivity contribution in [1.82, 2.24) is 10.2 Å². The van der Waals surface area contributed by atoms with Crippen LogP contribution in [0.15, 0.2) is 61.2 Å². The predicted octanol–water partition coefficient (Wildman–Crippen LogP) is 1.76. The molecule has 1 aliphatic heterocycles. The molecule has 0 bridgehead atoms. The van der Waals surface area contributed by atoms with E-state index in [1.165, 1.54) is 0 Å². The van der Waals surface area contributed by atoms with E-state index in [1.807, 2.05) is 42.5 Å². The summed E-state index contributed by atoms with van der Waals surface area (Å²) in [6, 6.07) is 15.4. The molecule has 8 N–H and O–H groups in total. The summed E-state index contributed by atoms with van der Waals surface area (Å²) in [6.45, 7) is 10.1. The molecule has 2 aromatic rings. The molecule has 1 atom stereocenters. The second-order valence-electron chi connectivity index (χ2n) is 7.46. The number of phenolic OH excluding ortho intramolecular Hbond substituents is 1. The number of nitrogen functional groups attached to an aromatic ring is 1. The molecular formula is C24H35N5O3. The zero-order valence-electron chi connectivity index (χ0n) is 18.6. The van der Waals surface area contributed by atoms with Gasteiger partial charge >= 0.3 is 5.97 Å². The van der Waals surface area contributed by atoms with Gasteiger partial charge in [0.05, 0.1) is 6.54 Å². The van der Waals surface area contributed by atoms with E-state index in [2.05, 4.69) is 29.5 Å². The number of carbonyl (C=O) groups is 1. The Bertz CT molecular complexity index is 855. The van der Waals surface area contributed by atoms with Crippen LogP contribution in [0.3, 0.4) is 0 Å². The lowest BCUT2D eigenvalue weighted by Gasteiger charge is -2.30. The Hall–Kier alpha value is -3.20. The molecule has 0 aromatic heterocycles. The van der Waals surface area contributed by atoms with E-state index < -0.39 is 5.97 Å². The number of amidine groups is 1. The second kappa shape index (κ2) is 14.7. The van der Waals surface area contributed by atoms with Gasteiger partial charge in [-0.2, -0.15) is 0 Å². The van der Waals surface area contributed by atoms with Gasteiger partial charge in [0.1, 0.15) is 11.6 Å². The number of nitrogens with one attached hydrogen (secondary N) is 2. The number of nitrogens with two attached hydrogens (primary N) is 2. The fraction of sp³-hybridized carbons (Fsp3) is 0.333. The molecular weight excluding hydrogens is 406 g/mol. The monoisotopic (exact) mass is 441 g/mol. The number of benzene rings is 2. The molecule has 1 unspecified atom stereocenters. The second-order valence-corrected chi connectivity index (χ2v) is 7.46. The van der Waals surface area contributed by atoms with Crippen LogP contribution in [0.25, 0.3) is 0 Å². The van der Waals surface area contributed by atoms with Crippen LogP contribution in [0.4, 0.5) is 0 Å². The molecule has 0 radical (unpaired) electrons.